The van der Waals surface area contributed by atoms with E-state index in [0.29, 0.717) is 13.1 Å². The molecule has 1 saturated heterocycles. The van der Waals surface area contributed by atoms with E-state index in [2.05, 4.69) is 15.4 Å². The summed E-state index contributed by atoms with van der Waals surface area (Å²) in [6.45, 7) is 1.74. The van der Waals surface area contributed by atoms with Gasteiger partial charge in [0, 0.05) is 40.4 Å². The number of rotatable bonds is 1. The minimum Gasteiger partial charge on any atom is -0.359 e. The van der Waals surface area contributed by atoms with Crippen molar-refractivity contribution in [2.45, 2.75) is 0 Å². The zero-order valence-corrected chi connectivity index (χ0v) is 10.9. The normalized spacial score (nSPS) is 17.3. The van der Waals surface area contributed by atoms with Crippen molar-refractivity contribution in [3.8, 4) is 0 Å². The van der Waals surface area contributed by atoms with Crippen LogP contribution in [0.5, 0.6) is 0 Å². The summed E-state index contributed by atoms with van der Waals surface area (Å²) in [6.07, 6.45) is 3.56. The third kappa shape index (κ3) is 2.29. The molecule has 0 aliphatic carbocycles. The van der Waals surface area contributed by atoms with Crippen LogP contribution in [0.2, 0.25) is 0 Å². The van der Waals surface area contributed by atoms with E-state index in [4.69, 9.17) is 0 Å². The van der Waals surface area contributed by atoms with Crippen LogP contribution in [0.15, 0.2) is 17.4 Å². The highest BCUT2D eigenvalue weighted by Crippen LogP contribution is 2.15. The Morgan fingerprint density at radius 2 is 2.28 bits per heavy atom. The zero-order chi connectivity index (χ0) is 13.1. The fraction of sp³-hybridized carbons (Fsp3) is 0.545. The smallest absolute Gasteiger partial charge is 0.246 e. The highest BCUT2D eigenvalue weighted by Gasteiger charge is 2.27. The van der Waals surface area contributed by atoms with E-state index in [1.165, 1.54) is 0 Å². The van der Waals surface area contributed by atoms with E-state index in [-0.39, 0.29) is 5.91 Å². The number of aromatic nitrogens is 2. The maximum absolute atomic E-state index is 12.1. The van der Waals surface area contributed by atoms with Gasteiger partial charge in [0.2, 0.25) is 5.91 Å². The summed E-state index contributed by atoms with van der Waals surface area (Å²) in [7, 11) is 5.36. The fourth-order valence-corrected chi connectivity index (χ4v) is 2.09. The molecule has 0 unspecified atom stereocenters. The highest BCUT2D eigenvalue weighted by atomic mass is 16.2. The second-order valence-corrected chi connectivity index (χ2v) is 4.14. The molecule has 0 spiro atoms. The van der Waals surface area contributed by atoms with E-state index in [9.17, 15) is 4.79 Å². The minimum atomic E-state index is 0.0608. The topological polar surface area (TPSA) is 65.8 Å². The summed E-state index contributed by atoms with van der Waals surface area (Å²) in [4.78, 5) is 19.9. The van der Waals surface area contributed by atoms with Gasteiger partial charge in [0.1, 0.15) is 6.54 Å². The van der Waals surface area contributed by atoms with E-state index < -0.39 is 0 Å². The second-order valence-electron chi connectivity index (χ2n) is 4.14. The number of nitrogens with zero attached hydrogens (tertiary/aromatic N) is 5. The number of aryl methyl sites for hydroxylation is 1. The van der Waals surface area contributed by atoms with Gasteiger partial charge in [0.25, 0.3) is 0 Å². The number of hydrogen-bond acceptors (Lipinski definition) is 3. The predicted octanol–water partition coefficient (Wildman–Crippen LogP) is -0.726. The van der Waals surface area contributed by atoms with Crippen LogP contribution >= 0.6 is 0 Å². The standard InChI is InChI=1S/C11H18N6O/c1-12-11(13-2)16-4-5-17(10(18)8-16)9-6-14-15(3)7-9/h6-7H,4-5,8H2,1-3H3,(H,12,13). The van der Waals surface area contributed by atoms with E-state index in [1.54, 1.807) is 29.9 Å². The number of guanidine groups is 1. The van der Waals surface area contributed by atoms with Crippen molar-refractivity contribution < 1.29 is 4.79 Å². The number of amides is 1. The number of nitrogens with one attached hydrogen (secondary N) is 1. The molecule has 7 heteroatoms. The SMILES string of the molecule is CN=C(NC)N1CCN(c2cnn(C)c2)C(=O)C1. The number of piperazine rings is 1. The van der Waals surface area contributed by atoms with Crippen LogP contribution in [0, 0.1) is 0 Å². The first-order chi connectivity index (χ1) is 8.65. The predicted molar refractivity (Wildman–Crippen MR) is 69.6 cm³/mol. The molecule has 0 saturated carbocycles. The van der Waals surface area contributed by atoms with Gasteiger partial charge in [-0.25, -0.2) is 0 Å². The summed E-state index contributed by atoms with van der Waals surface area (Å²) in [6, 6.07) is 0. The molecule has 0 radical (unpaired) electrons. The molecule has 1 aliphatic rings. The lowest BCUT2D eigenvalue weighted by atomic mass is 10.3. The monoisotopic (exact) mass is 250 g/mol. The summed E-state index contributed by atoms with van der Waals surface area (Å²) >= 11 is 0. The summed E-state index contributed by atoms with van der Waals surface area (Å²) in [5.74, 6) is 0.805. The van der Waals surface area contributed by atoms with Gasteiger partial charge in [-0.2, -0.15) is 5.10 Å². The van der Waals surface area contributed by atoms with Crippen molar-refractivity contribution in [2.24, 2.45) is 12.0 Å². The van der Waals surface area contributed by atoms with E-state index >= 15 is 0 Å². The van der Waals surface area contributed by atoms with Crippen molar-refractivity contribution in [3.63, 3.8) is 0 Å². The Morgan fingerprint density at radius 1 is 1.50 bits per heavy atom. The summed E-state index contributed by atoms with van der Waals surface area (Å²) in [5.41, 5.74) is 0.849. The molecule has 1 amide bonds. The minimum absolute atomic E-state index is 0.0608. The van der Waals surface area contributed by atoms with Crippen molar-refractivity contribution >= 4 is 17.6 Å². The maximum Gasteiger partial charge on any atom is 0.246 e. The number of carbonyl (C=O) groups is 1. The molecule has 18 heavy (non-hydrogen) atoms. The molecule has 2 heterocycles. The fourth-order valence-electron chi connectivity index (χ4n) is 2.09. The first-order valence-corrected chi connectivity index (χ1v) is 5.84. The number of hydrogen-bond donors (Lipinski definition) is 1. The van der Waals surface area contributed by atoms with Crippen LogP contribution in [-0.2, 0) is 11.8 Å². The largest absolute Gasteiger partial charge is 0.359 e. The average Bonchev–Trinajstić information content (AvgIpc) is 2.77. The Balaban J connectivity index is 2.07. The Bertz CT molecular complexity index is 466. The van der Waals surface area contributed by atoms with Crippen molar-refractivity contribution in [3.05, 3.63) is 12.4 Å². The Labute approximate surface area is 106 Å². The van der Waals surface area contributed by atoms with Crippen LogP contribution in [0.25, 0.3) is 0 Å². The second kappa shape index (κ2) is 5.07. The Kier molecular flexibility index (Phi) is 3.50. The van der Waals surface area contributed by atoms with Crippen molar-refractivity contribution in [2.75, 3.05) is 38.6 Å². The summed E-state index contributed by atoms with van der Waals surface area (Å²) in [5, 5.41) is 7.08. The van der Waals surface area contributed by atoms with Crippen molar-refractivity contribution in [1.82, 2.24) is 20.0 Å². The molecule has 7 nitrogen and oxygen atoms in total. The zero-order valence-electron chi connectivity index (χ0n) is 10.9. The van der Waals surface area contributed by atoms with Crippen molar-refractivity contribution in [1.29, 1.82) is 0 Å². The van der Waals surface area contributed by atoms with Crippen LogP contribution in [0.1, 0.15) is 0 Å². The maximum atomic E-state index is 12.1. The molecule has 1 fully saturated rings. The van der Waals surface area contributed by atoms with Gasteiger partial charge in [0.05, 0.1) is 11.9 Å². The average molecular weight is 250 g/mol. The highest BCUT2D eigenvalue weighted by molar-refractivity contribution is 5.98. The van der Waals surface area contributed by atoms with Crippen LogP contribution in [0.4, 0.5) is 5.69 Å². The first-order valence-electron chi connectivity index (χ1n) is 5.84. The van der Waals surface area contributed by atoms with Gasteiger partial charge in [-0.05, 0) is 0 Å². The first kappa shape index (κ1) is 12.4. The van der Waals surface area contributed by atoms with Gasteiger partial charge in [0.15, 0.2) is 5.96 Å². The van der Waals surface area contributed by atoms with E-state index in [1.807, 2.05) is 18.1 Å². The third-order valence-corrected chi connectivity index (χ3v) is 2.96. The van der Waals surface area contributed by atoms with Gasteiger partial charge < -0.3 is 15.1 Å². The van der Waals surface area contributed by atoms with Crippen LogP contribution < -0.4 is 10.2 Å². The molecular formula is C11H18N6O. The lowest BCUT2D eigenvalue weighted by Gasteiger charge is -2.34. The number of carbonyl (C=O) groups excluding carboxylic acids is 1. The quantitative estimate of drug-likeness (QED) is 0.527. The number of anilines is 1. The van der Waals surface area contributed by atoms with Gasteiger partial charge in [-0.15, -0.1) is 0 Å². The number of aliphatic imine (C=N–C) groups is 1. The molecule has 0 bridgehead atoms. The lowest BCUT2D eigenvalue weighted by molar-refractivity contribution is -0.120. The van der Waals surface area contributed by atoms with Gasteiger partial charge >= 0.3 is 0 Å². The molecule has 98 valence electrons. The third-order valence-electron chi connectivity index (χ3n) is 2.96. The molecule has 1 N–H and O–H groups in total. The molecular weight excluding hydrogens is 232 g/mol. The molecule has 1 aliphatic heterocycles. The summed E-state index contributed by atoms with van der Waals surface area (Å²) < 4.78 is 1.70. The van der Waals surface area contributed by atoms with Crippen LogP contribution in [-0.4, -0.2) is 60.3 Å². The van der Waals surface area contributed by atoms with Gasteiger partial charge in [-0.3, -0.25) is 14.5 Å². The Morgan fingerprint density at radius 3 is 2.78 bits per heavy atom. The lowest BCUT2D eigenvalue weighted by Crippen LogP contribution is -2.54. The molecule has 0 aromatic carbocycles. The van der Waals surface area contributed by atoms with E-state index in [0.717, 1.165) is 18.2 Å². The molecule has 0 atom stereocenters. The molecule has 2 rings (SSSR count). The molecule has 1 aromatic rings. The van der Waals surface area contributed by atoms with Crippen LogP contribution in [0.3, 0.4) is 0 Å². The molecule has 1 aromatic heterocycles. The Hall–Kier alpha value is -2.05. The van der Waals surface area contributed by atoms with Gasteiger partial charge in [-0.1, -0.05) is 0 Å².